The largest absolute Gasteiger partial charge is 0.444 e. The van der Waals surface area contributed by atoms with Gasteiger partial charge in [-0.25, -0.2) is 4.79 Å². The molecule has 9 heteroatoms. The maximum atomic E-state index is 12.7. The lowest BCUT2D eigenvalue weighted by atomic mass is 10.1. The summed E-state index contributed by atoms with van der Waals surface area (Å²) in [6.07, 6.45) is -0.268. The van der Waals surface area contributed by atoms with Crippen molar-refractivity contribution in [3.8, 4) is 0 Å². The molecule has 0 aliphatic carbocycles. The Morgan fingerprint density at radius 2 is 1.84 bits per heavy atom. The summed E-state index contributed by atoms with van der Waals surface area (Å²) >= 11 is 0. The first-order valence-electron chi connectivity index (χ1n) is 10.9. The normalized spacial score (nSPS) is 16.1. The molecule has 4 amide bonds. The molecule has 1 aromatic rings. The van der Waals surface area contributed by atoms with Gasteiger partial charge in [-0.3, -0.25) is 14.4 Å². The zero-order valence-electron chi connectivity index (χ0n) is 19.5. The average Bonchev–Trinajstić information content (AvgIpc) is 3.08. The number of nitrogens with zero attached hydrogens (tertiary/aromatic N) is 1. The Morgan fingerprint density at radius 3 is 2.47 bits per heavy atom. The number of nitrogens with one attached hydrogen (secondary N) is 3. The Kier molecular flexibility index (Phi) is 8.63. The van der Waals surface area contributed by atoms with Crippen LogP contribution in [0.25, 0.3) is 0 Å². The van der Waals surface area contributed by atoms with Crippen LogP contribution in [0.5, 0.6) is 0 Å². The maximum absolute atomic E-state index is 12.7. The van der Waals surface area contributed by atoms with E-state index in [9.17, 15) is 19.2 Å². The summed E-state index contributed by atoms with van der Waals surface area (Å²) in [6, 6.07) is 7.26. The number of rotatable bonds is 8. The molecule has 1 aliphatic rings. The van der Waals surface area contributed by atoms with Crippen molar-refractivity contribution in [2.45, 2.75) is 65.6 Å². The third kappa shape index (κ3) is 7.86. The van der Waals surface area contributed by atoms with Crippen molar-refractivity contribution >= 4 is 29.5 Å². The number of anilines is 1. The van der Waals surface area contributed by atoms with Gasteiger partial charge in [-0.1, -0.05) is 18.2 Å². The molecule has 1 aromatic carbocycles. The minimum absolute atomic E-state index is 0.0133. The molecule has 0 saturated carbocycles. The van der Waals surface area contributed by atoms with Crippen molar-refractivity contribution in [2.75, 3.05) is 18.4 Å². The van der Waals surface area contributed by atoms with Gasteiger partial charge in [-0.15, -0.1) is 0 Å². The van der Waals surface area contributed by atoms with Crippen LogP contribution in [0.15, 0.2) is 24.3 Å². The number of carbonyl (C=O) groups is 4. The van der Waals surface area contributed by atoms with E-state index in [1.165, 1.54) is 0 Å². The summed E-state index contributed by atoms with van der Waals surface area (Å²) in [4.78, 5) is 50.2. The highest BCUT2D eigenvalue weighted by Crippen LogP contribution is 2.23. The van der Waals surface area contributed by atoms with Gasteiger partial charge in [0.2, 0.25) is 17.7 Å². The summed E-state index contributed by atoms with van der Waals surface area (Å²) in [5.41, 5.74) is 0.749. The summed E-state index contributed by atoms with van der Waals surface area (Å²) in [5.74, 6) is -0.856. The molecule has 1 heterocycles. The van der Waals surface area contributed by atoms with Gasteiger partial charge >= 0.3 is 6.09 Å². The fourth-order valence-electron chi connectivity index (χ4n) is 3.31. The van der Waals surface area contributed by atoms with Gasteiger partial charge in [0.25, 0.3) is 0 Å². The molecule has 0 spiro atoms. The lowest BCUT2D eigenvalue weighted by Gasteiger charge is -2.21. The van der Waals surface area contributed by atoms with E-state index in [-0.39, 0.29) is 49.7 Å². The number of carbonyl (C=O) groups excluding carboxylic acids is 4. The molecule has 1 unspecified atom stereocenters. The van der Waals surface area contributed by atoms with E-state index in [4.69, 9.17) is 4.74 Å². The molecule has 1 saturated heterocycles. The third-order valence-electron chi connectivity index (χ3n) is 4.92. The van der Waals surface area contributed by atoms with Crippen LogP contribution >= 0.6 is 0 Å². The highest BCUT2D eigenvalue weighted by atomic mass is 16.6. The molecule has 32 heavy (non-hydrogen) atoms. The lowest BCUT2D eigenvalue weighted by Crippen LogP contribution is -2.35. The third-order valence-corrected chi connectivity index (χ3v) is 4.92. The SMILES string of the molecule is CC(C)N1CC(C(=O)Nc2ccccc2CNC(=O)CCNC(=O)OC(C)(C)C)CC1=O. The average molecular weight is 447 g/mol. The van der Waals surface area contributed by atoms with Crippen molar-refractivity contribution in [1.82, 2.24) is 15.5 Å². The molecule has 9 nitrogen and oxygen atoms in total. The maximum Gasteiger partial charge on any atom is 0.407 e. The van der Waals surface area contributed by atoms with Crippen LogP contribution < -0.4 is 16.0 Å². The van der Waals surface area contributed by atoms with Crippen LogP contribution in [0, 0.1) is 5.92 Å². The second kappa shape index (κ2) is 11.0. The zero-order chi connectivity index (χ0) is 23.9. The van der Waals surface area contributed by atoms with Crippen LogP contribution in [0.3, 0.4) is 0 Å². The molecule has 1 fully saturated rings. The van der Waals surface area contributed by atoms with Gasteiger partial charge in [0.1, 0.15) is 5.60 Å². The number of likely N-dealkylation sites (tertiary alicyclic amines) is 1. The predicted octanol–water partition coefficient (Wildman–Crippen LogP) is 2.41. The molecule has 0 radical (unpaired) electrons. The van der Waals surface area contributed by atoms with Crippen molar-refractivity contribution in [3.63, 3.8) is 0 Å². The Morgan fingerprint density at radius 1 is 1.16 bits per heavy atom. The van der Waals surface area contributed by atoms with E-state index >= 15 is 0 Å². The minimum atomic E-state index is -0.598. The lowest BCUT2D eigenvalue weighted by molar-refractivity contribution is -0.129. The fraction of sp³-hybridized carbons (Fsp3) is 0.565. The van der Waals surface area contributed by atoms with Crippen LogP contribution in [0.2, 0.25) is 0 Å². The van der Waals surface area contributed by atoms with Crippen molar-refractivity contribution in [1.29, 1.82) is 0 Å². The summed E-state index contributed by atoms with van der Waals surface area (Å²) < 4.78 is 5.12. The molecule has 0 aromatic heterocycles. The Bertz CT molecular complexity index is 847. The first-order valence-corrected chi connectivity index (χ1v) is 10.9. The van der Waals surface area contributed by atoms with Crippen molar-refractivity contribution in [3.05, 3.63) is 29.8 Å². The number of amides is 4. The molecule has 1 atom stereocenters. The Balaban J connectivity index is 1.83. The number of hydrogen-bond donors (Lipinski definition) is 3. The van der Waals surface area contributed by atoms with Crippen LogP contribution in [0.1, 0.15) is 53.0 Å². The molecule has 2 rings (SSSR count). The number of ether oxygens (including phenoxy) is 1. The number of hydrogen-bond acceptors (Lipinski definition) is 5. The van der Waals surface area contributed by atoms with E-state index < -0.39 is 17.6 Å². The minimum Gasteiger partial charge on any atom is -0.444 e. The number of para-hydroxylation sites is 1. The van der Waals surface area contributed by atoms with Gasteiger partial charge < -0.3 is 25.6 Å². The Labute approximate surface area is 189 Å². The predicted molar refractivity (Wildman–Crippen MR) is 121 cm³/mol. The van der Waals surface area contributed by atoms with E-state index in [1.807, 2.05) is 26.0 Å². The molecular formula is C23H34N4O5. The molecular weight excluding hydrogens is 412 g/mol. The highest BCUT2D eigenvalue weighted by molar-refractivity contribution is 5.97. The van der Waals surface area contributed by atoms with Gasteiger partial charge in [0, 0.05) is 44.2 Å². The van der Waals surface area contributed by atoms with Gasteiger partial charge in [0.15, 0.2) is 0 Å². The zero-order valence-corrected chi connectivity index (χ0v) is 19.5. The van der Waals surface area contributed by atoms with Gasteiger partial charge in [-0.05, 0) is 46.2 Å². The molecule has 176 valence electrons. The van der Waals surface area contributed by atoms with E-state index in [0.29, 0.717) is 12.2 Å². The Hall–Kier alpha value is -3.10. The van der Waals surface area contributed by atoms with Gasteiger partial charge in [-0.2, -0.15) is 0 Å². The van der Waals surface area contributed by atoms with Crippen LogP contribution in [-0.4, -0.2) is 53.4 Å². The van der Waals surface area contributed by atoms with E-state index in [2.05, 4.69) is 16.0 Å². The van der Waals surface area contributed by atoms with E-state index in [0.717, 1.165) is 5.56 Å². The fourth-order valence-corrected chi connectivity index (χ4v) is 3.31. The first kappa shape index (κ1) is 25.2. The molecule has 0 bridgehead atoms. The van der Waals surface area contributed by atoms with Gasteiger partial charge in [0.05, 0.1) is 5.92 Å². The van der Waals surface area contributed by atoms with Crippen LogP contribution in [-0.2, 0) is 25.7 Å². The summed E-state index contributed by atoms with van der Waals surface area (Å²) in [5, 5.41) is 8.22. The number of benzene rings is 1. The second-order valence-corrected chi connectivity index (χ2v) is 9.14. The summed E-state index contributed by atoms with van der Waals surface area (Å²) in [7, 11) is 0. The van der Waals surface area contributed by atoms with Crippen molar-refractivity contribution in [2.24, 2.45) is 5.92 Å². The monoisotopic (exact) mass is 446 g/mol. The molecule has 1 aliphatic heterocycles. The topological polar surface area (TPSA) is 117 Å². The number of alkyl carbamates (subject to hydrolysis) is 1. The quantitative estimate of drug-likeness (QED) is 0.567. The van der Waals surface area contributed by atoms with Crippen molar-refractivity contribution < 1.29 is 23.9 Å². The second-order valence-electron chi connectivity index (χ2n) is 9.14. The standard InChI is InChI=1S/C23H34N4O5/c1-15(2)27-14-17(12-20(27)29)21(30)26-18-9-7-6-8-16(18)13-25-19(28)10-11-24-22(31)32-23(3,4)5/h6-9,15,17H,10-14H2,1-5H3,(H,24,31)(H,25,28)(H,26,30). The summed E-state index contributed by atoms with van der Waals surface area (Å²) in [6.45, 7) is 9.94. The molecule has 3 N–H and O–H groups in total. The first-order chi connectivity index (χ1) is 15.0. The smallest absolute Gasteiger partial charge is 0.407 e. The highest BCUT2D eigenvalue weighted by Gasteiger charge is 2.35. The van der Waals surface area contributed by atoms with Crippen LogP contribution in [0.4, 0.5) is 10.5 Å². The van der Waals surface area contributed by atoms with E-state index in [1.54, 1.807) is 37.8 Å².